The average Bonchev–Trinajstić information content (AvgIpc) is 3.83. The van der Waals surface area contributed by atoms with Crippen LogP contribution in [0.25, 0.3) is 0 Å². The fraction of sp³-hybridized carbons (Fsp3) is 0.868. The maximum absolute atomic E-state index is 14.3. The van der Waals surface area contributed by atoms with Crippen molar-refractivity contribution < 1.29 is 9.90 Å². The molecular formula is C38H60N6O2. The molecule has 4 aliphatic carbocycles. The van der Waals surface area contributed by atoms with Gasteiger partial charge in [-0.2, -0.15) is 9.97 Å². The van der Waals surface area contributed by atoms with Crippen molar-refractivity contribution in [3.05, 3.63) is 6.07 Å². The van der Waals surface area contributed by atoms with Crippen molar-refractivity contribution in [2.24, 2.45) is 46.3 Å². The first kappa shape index (κ1) is 31.3. The van der Waals surface area contributed by atoms with Crippen LogP contribution >= 0.6 is 0 Å². The molecule has 9 atom stereocenters. The van der Waals surface area contributed by atoms with Gasteiger partial charge in [-0.15, -0.1) is 0 Å². The highest BCUT2D eigenvalue weighted by molar-refractivity contribution is 5.84. The van der Waals surface area contributed by atoms with Gasteiger partial charge in [0.25, 0.3) is 0 Å². The van der Waals surface area contributed by atoms with Gasteiger partial charge in [0.05, 0.1) is 12.6 Å². The highest BCUT2D eigenvalue weighted by Crippen LogP contribution is 2.68. The lowest BCUT2D eigenvalue weighted by molar-refractivity contribution is -0.141. The van der Waals surface area contributed by atoms with Gasteiger partial charge in [0.2, 0.25) is 5.95 Å². The maximum atomic E-state index is 14.3. The Morgan fingerprint density at radius 3 is 2.11 bits per heavy atom. The second-order valence-corrected chi connectivity index (χ2v) is 17.3. The Labute approximate surface area is 277 Å². The van der Waals surface area contributed by atoms with E-state index in [0.29, 0.717) is 35.5 Å². The van der Waals surface area contributed by atoms with E-state index in [1.807, 2.05) is 0 Å². The van der Waals surface area contributed by atoms with Crippen LogP contribution < -0.4 is 14.7 Å². The minimum Gasteiger partial charge on any atom is -0.393 e. The van der Waals surface area contributed by atoms with Gasteiger partial charge in [0, 0.05) is 64.3 Å². The van der Waals surface area contributed by atoms with E-state index in [1.165, 1.54) is 64.2 Å². The van der Waals surface area contributed by atoms with E-state index in [-0.39, 0.29) is 17.4 Å². The minimum absolute atomic E-state index is 0.0837. The number of piperazine rings is 1. The first-order valence-corrected chi connectivity index (χ1v) is 19.3. The zero-order chi connectivity index (χ0) is 31.6. The SMILES string of the molecule is C[C@@H]1C[C@H]2[C@@H]3CC[C@H]4CC(O)CC[C@]4(C)[C@H]3CC[C@]2(C)[C@H]1C(=O)CN1CCN(c2cc(N3CCCC3)nc(N3CCCC3)n2)CC1. The molecule has 0 aromatic carbocycles. The number of rotatable bonds is 6. The molecule has 8 rings (SSSR count). The number of aromatic nitrogens is 2. The van der Waals surface area contributed by atoms with Gasteiger partial charge in [-0.3, -0.25) is 9.69 Å². The molecule has 254 valence electrons. The van der Waals surface area contributed by atoms with E-state index < -0.39 is 0 Å². The first-order chi connectivity index (χ1) is 22.2. The molecule has 7 fully saturated rings. The van der Waals surface area contributed by atoms with Crippen molar-refractivity contribution in [2.45, 2.75) is 104 Å². The summed E-state index contributed by atoms with van der Waals surface area (Å²) in [7, 11) is 0. The van der Waals surface area contributed by atoms with Crippen LogP contribution in [0, 0.1) is 46.3 Å². The van der Waals surface area contributed by atoms with Gasteiger partial charge in [-0.1, -0.05) is 20.8 Å². The summed E-state index contributed by atoms with van der Waals surface area (Å²) in [4.78, 5) is 34.1. The molecule has 1 aromatic rings. The van der Waals surface area contributed by atoms with Crippen LogP contribution in [0.5, 0.6) is 0 Å². The fourth-order valence-electron chi connectivity index (χ4n) is 12.5. The molecule has 1 aromatic heterocycles. The van der Waals surface area contributed by atoms with E-state index in [9.17, 15) is 9.90 Å². The molecule has 0 spiro atoms. The zero-order valence-electron chi connectivity index (χ0n) is 29.0. The highest BCUT2D eigenvalue weighted by atomic mass is 16.3. The third-order valence-electron chi connectivity index (χ3n) is 14.9. The van der Waals surface area contributed by atoms with Gasteiger partial charge in [-0.25, -0.2) is 0 Å². The van der Waals surface area contributed by atoms with Crippen LogP contribution in [-0.2, 0) is 4.79 Å². The summed E-state index contributed by atoms with van der Waals surface area (Å²) in [5, 5.41) is 10.4. The first-order valence-electron chi connectivity index (χ1n) is 19.3. The van der Waals surface area contributed by atoms with Gasteiger partial charge in [0.1, 0.15) is 11.6 Å². The molecule has 4 heterocycles. The smallest absolute Gasteiger partial charge is 0.229 e. The Morgan fingerprint density at radius 2 is 1.41 bits per heavy atom. The number of nitrogens with zero attached hydrogens (tertiary/aromatic N) is 6. The third kappa shape index (κ3) is 5.36. The largest absolute Gasteiger partial charge is 0.393 e. The third-order valence-corrected chi connectivity index (χ3v) is 14.9. The van der Waals surface area contributed by atoms with Gasteiger partial charge < -0.3 is 19.8 Å². The molecular weight excluding hydrogens is 572 g/mol. The molecule has 7 aliphatic rings. The Kier molecular flexibility index (Phi) is 8.31. The Morgan fingerprint density at radius 1 is 0.783 bits per heavy atom. The lowest BCUT2D eigenvalue weighted by Gasteiger charge is -2.60. The number of aliphatic hydroxyl groups excluding tert-OH is 1. The molecule has 1 unspecified atom stereocenters. The summed E-state index contributed by atoms with van der Waals surface area (Å²) in [6.07, 6.45) is 14.4. The standard InChI is InChI=1S/C38H60N6O2/c1-26-22-31-29-9-8-27-23-28(45)10-12-37(27,2)30(29)11-13-38(31,3)35(26)32(46)25-41-18-20-43(21-19-41)34-24-33(42-14-4-5-15-42)39-36(40-34)44-16-6-7-17-44/h24,26-31,35,45H,4-23,25H2,1-3H3/t26-,27+,28?,29-,30+,31+,35-,37+,38+/m1/s1. The van der Waals surface area contributed by atoms with Crippen molar-refractivity contribution in [1.29, 1.82) is 0 Å². The predicted octanol–water partition coefficient (Wildman–Crippen LogP) is 5.63. The Bertz CT molecular complexity index is 1240. The summed E-state index contributed by atoms with van der Waals surface area (Å²) in [6.45, 7) is 16.1. The molecule has 8 heteroatoms. The van der Waals surface area contributed by atoms with Crippen LogP contribution in [-0.4, -0.2) is 90.8 Å². The average molecular weight is 633 g/mol. The molecule has 46 heavy (non-hydrogen) atoms. The van der Waals surface area contributed by atoms with Crippen LogP contribution in [0.15, 0.2) is 6.07 Å². The molecule has 0 amide bonds. The van der Waals surface area contributed by atoms with Crippen LogP contribution in [0.2, 0.25) is 0 Å². The van der Waals surface area contributed by atoms with Crippen molar-refractivity contribution in [3.8, 4) is 0 Å². The van der Waals surface area contributed by atoms with Gasteiger partial charge in [-0.05, 0) is 117 Å². The quantitative estimate of drug-likeness (QED) is 0.433. The number of Topliss-reactive ketones (excluding diaryl/α,β-unsaturated/α-hetero) is 1. The van der Waals surface area contributed by atoms with E-state index >= 15 is 0 Å². The number of ketones is 1. The van der Waals surface area contributed by atoms with E-state index in [0.717, 1.165) is 94.6 Å². The van der Waals surface area contributed by atoms with Gasteiger partial charge in [0.15, 0.2) is 5.78 Å². The lowest BCUT2D eigenvalue weighted by Crippen LogP contribution is -2.55. The summed E-state index contributed by atoms with van der Waals surface area (Å²) in [6, 6.07) is 2.23. The fourth-order valence-corrected chi connectivity index (χ4v) is 12.5. The van der Waals surface area contributed by atoms with Crippen molar-refractivity contribution >= 4 is 23.4 Å². The molecule has 0 bridgehead atoms. The molecule has 3 saturated heterocycles. The maximum Gasteiger partial charge on any atom is 0.229 e. The molecule has 3 aliphatic heterocycles. The second-order valence-electron chi connectivity index (χ2n) is 17.3. The molecule has 8 nitrogen and oxygen atoms in total. The van der Waals surface area contributed by atoms with Crippen LogP contribution in [0.3, 0.4) is 0 Å². The Hall–Kier alpha value is -1.93. The summed E-state index contributed by atoms with van der Waals surface area (Å²) < 4.78 is 0. The predicted molar refractivity (Wildman–Crippen MR) is 184 cm³/mol. The van der Waals surface area contributed by atoms with E-state index in [2.05, 4.69) is 46.4 Å². The zero-order valence-corrected chi connectivity index (χ0v) is 29.0. The highest BCUT2D eigenvalue weighted by Gasteiger charge is 2.62. The molecule has 0 radical (unpaired) electrons. The summed E-state index contributed by atoms with van der Waals surface area (Å²) in [5.41, 5.74) is 0.540. The molecule has 4 saturated carbocycles. The number of aliphatic hydroxyl groups is 1. The number of anilines is 3. The normalized spacial score (nSPS) is 41.4. The van der Waals surface area contributed by atoms with Crippen molar-refractivity contribution in [3.63, 3.8) is 0 Å². The van der Waals surface area contributed by atoms with Gasteiger partial charge >= 0.3 is 0 Å². The summed E-state index contributed by atoms with van der Waals surface area (Å²) >= 11 is 0. The number of carbonyl (C=O) groups is 1. The lowest BCUT2D eigenvalue weighted by atomic mass is 9.44. The van der Waals surface area contributed by atoms with Crippen molar-refractivity contribution in [2.75, 3.05) is 73.6 Å². The summed E-state index contributed by atoms with van der Waals surface area (Å²) in [5.74, 6) is 7.19. The van der Waals surface area contributed by atoms with E-state index in [4.69, 9.17) is 9.97 Å². The van der Waals surface area contributed by atoms with Crippen LogP contribution in [0.4, 0.5) is 17.6 Å². The Balaban J connectivity index is 0.922. The van der Waals surface area contributed by atoms with E-state index in [1.54, 1.807) is 0 Å². The second kappa shape index (κ2) is 12.2. The monoisotopic (exact) mass is 632 g/mol. The number of fused-ring (bicyclic) bond motifs is 5. The minimum atomic E-state index is -0.0837. The van der Waals surface area contributed by atoms with Crippen molar-refractivity contribution in [1.82, 2.24) is 14.9 Å². The topological polar surface area (TPSA) is 76.0 Å². The van der Waals surface area contributed by atoms with Crippen LogP contribution in [0.1, 0.15) is 97.8 Å². The number of hydrogen-bond donors (Lipinski definition) is 1. The number of hydrogen-bond acceptors (Lipinski definition) is 8. The number of carbonyl (C=O) groups excluding carboxylic acids is 1. The molecule has 1 N–H and O–H groups in total.